The van der Waals surface area contributed by atoms with E-state index in [-0.39, 0.29) is 6.32 Å². The van der Waals surface area contributed by atoms with Crippen LogP contribution in [0.1, 0.15) is 0 Å². The summed E-state index contributed by atoms with van der Waals surface area (Å²) in [5, 5.41) is 16.8. The monoisotopic (exact) mass is 206 g/mol. The topological polar surface area (TPSA) is 40.5 Å². The van der Waals surface area contributed by atoms with Gasteiger partial charge in [-0.2, -0.15) is 13.2 Å². The smallest absolute Gasteiger partial charge is 0.427 e. The molecule has 2 N–H and O–H groups in total. The molecule has 0 atom stereocenters. The van der Waals surface area contributed by atoms with Crippen LogP contribution in [0.5, 0.6) is 0 Å². The molecule has 0 rings (SSSR count). The molecule has 0 amide bonds. The third kappa shape index (κ3) is 5.61. The van der Waals surface area contributed by atoms with E-state index in [4.69, 9.17) is 10.0 Å². The van der Waals surface area contributed by atoms with Crippen molar-refractivity contribution in [1.82, 2.24) is 0 Å². The average Bonchev–Trinajstić information content (AvgIpc) is 2.00. The fourth-order valence-corrected chi connectivity index (χ4v) is 0.688. The fraction of sp³-hybridized carbons (Fsp3) is 0.250. The number of allylic oxidation sites excluding steroid dienone is 5. The van der Waals surface area contributed by atoms with Gasteiger partial charge in [-0.25, -0.2) is 0 Å². The Morgan fingerprint density at radius 1 is 1.36 bits per heavy atom. The molecule has 0 bridgehead atoms. The lowest BCUT2D eigenvalue weighted by molar-refractivity contribution is -0.0881. The van der Waals surface area contributed by atoms with Crippen molar-refractivity contribution >= 4 is 7.12 Å². The largest absolute Gasteiger partial charge is 0.455 e. The molecule has 0 aliphatic heterocycles. The first-order valence-corrected chi connectivity index (χ1v) is 3.80. The van der Waals surface area contributed by atoms with Gasteiger partial charge in [-0.1, -0.05) is 30.9 Å². The maximum Gasteiger partial charge on any atom is 0.455 e. The minimum absolute atomic E-state index is 0.245. The van der Waals surface area contributed by atoms with E-state index in [0.29, 0.717) is 0 Å². The lowest BCUT2D eigenvalue weighted by Gasteiger charge is -2.06. The summed E-state index contributed by atoms with van der Waals surface area (Å²) < 4.78 is 36.4. The zero-order valence-corrected chi connectivity index (χ0v) is 7.33. The van der Waals surface area contributed by atoms with Crippen molar-refractivity contribution < 1.29 is 23.2 Å². The van der Waals surface area contributed by atoms with E-state index in [1.165, 1.54) is 0 Å². The first-order valence-electron chi connectivity index (χ1n) is 3.80. The van der Waals surface area contributed by atoms with Crippen LogP contribution in [0.25, 0.3) is 0 Å². The van der Waals surface area contributed by atoms with Crippen molar-refractivity contribution in [3.63, 3.8) is 0 Å². The second-order valence-electron chi connectivity index (χ2n) is 2.47. The van der Waals surface area contributed by atoms with Crippen LogP contribution in [-0.2, 0) is 0 Å². The fourth-order valence-electron chi connectivity index (χ4n) is 0.688. The van der Waals surface area contributed by atoms with Gasteiger partial charge in [0.25, 0.3) is 0 Å². The second kappa shape index (κ2) is 5.67. The quantitative estimate of drug-likeness (QED) is 0.542. The van der Waals surface area contributed by atoms with Crippen LogP contribution in [0, 0.1) is 0 Å². The molecule has 78 valence electrons. The highest BCUT2D eigenvalue weighted by molar-refractivity contribution is 6.41. The molecule has 0 aliphatic rings. The average molecular weight is 206 g/mol. The molecular formula is C8H10BF3O2. The summed E-state index contributed by atoms with van der Waals surface area (Å²) in [6.45, 7) is 3.15. The summed E-state index contributed by atoms with van der Waals surface area (Å²) in [4.78, 5) is 0. The highest BCUT2D eigenvalue weighted by Crippen LogP contribution is 2.26. The Kier molecular flexibility index (Phi) is 5.26. The summed E-state index contributed by atoms with van der Waals surface area (Å²) in [5.41, 5.74) is -0.881. The van der Waals surface area contributed by atoms with E-state index in [1.807, 2.05) is 0 Å². The van der Waals surface area contributed by atoms with E-state index in [2.05, 4.69) is 6.58 Å². The minimum Gasteiger partial charge on any atom is -0.427 e. The van der Waals surface area contributed by atoms with Crippen molar-refractivity contribution in [2.45, 2.75) is 12.5 Å². The predicted molar refractivity (Wildman–Crippen MR) is 48.5 cm³/mol. The zero-order chi connectivity index (χ0) is 11.2. The molecule has 0 unspecified atom stereocenters. The van der Waals surface area contributed by atoms with E-state index in [9.17, 15) is 13.2 Å². The van der Waals surface area contributed by atoms with Gasteiger partial charge >= 0.3 is 13.3 Å². The Morgan fingerprint density at radius 2 is 1.93 bits per heavy atom. The van der Waals surface area contributed by atoms with Crippen LogP contribution in [0.4, 0.5) is 13.2 Å². The number of alkyl halides is 3. The van der Waals surface area contributed by atoms with Crippen LogP contribution < -0.4 is 0 Å². The van der Waals surface area contributed by atoms with E-state index >= 15 is 0 Å². The highest BCUT2D eigenvalue weighted by atomic mass is 19.4. The van der Waals surface area contributed by atoms with Crippen LogP contribution in [-0.4, -0.2) is 23.3 Å². The standard InChI is InChI=1S/C8H10BF3O2/c1-2-4-7(8(10,11)12)5-3-6-9(13)14/h2-5,13-14H,1,6H2/b5-3-,7-4+. The van der Waals surface area contributed by atoms with Crippen molar-refractivity contribution in [2.75, 3.05) is 0 Å². The third-order valence-electron chi connectivity index (χ3n) is 1.27. The number of hydrogen-bond acceptors (Lipinski definition) is 2. The van der Waals surface area contributed by atoms with Gasteiger partial charge in [-0.3, -0.25) is 0 Å². The predicted octanol–water partition coefficient (Wildman–Crippen LogP) is 1.69. The number of halogens is 3. The maximum atomic E-state index is 12.1. The summed E-state index contributed by atoms with van der Waals surface area (Å²) in [5.74, 6) is 0. The van der Waals surface area contributed by atoms with Gasteiger partial charge in [0.1, 0.15) is 0 Å². The normalized spacial score (nSPS) is 13.4. The van der Waals surface area contributed by atoms with Gasteiger partial charge in [-0.05, 0) is 0 Å². The van der Waals surface area contributed by atoms with Gasteiger partial charge in [0.15, 0.2) is 0 Å². The molecule has 0 spiro atoms. The van der Waals surface area contributed by atoms with Crippen LogP contribution in [0.2, 0.25) is 6.32 Å². The molecule has 0 radical (unpaired) electrons. The Hall–Kier alpha value is -1.01. The van der Waals surface area contributed by atoms with E-state index < -0.39 is 18.9 Å². The molecule has 14 heavy (non-hydrogen) atoms. The molecule has 0 saturated heterocycles. The van der Waals surface area contributed by atoms with Crippen LogP contribution >= 0.6 is 0 Å². The number of rotatable bonds is 4. The Labute approximate surface area is 80.2 Å². The summed E-state index contributed by atoms with van der Waals surface area (Å²) in [7, 11) is -1.63. The van der Waals surface area contributed by atoms with Crippen LogP contribution in [0.3, 0.4) is 0 Å². The lowest BCUT2D eigenvalue weighted by Crippen LogP contribution is -2.11. The second-order valence-corrected chi connectivity index (χ2v) is 2.47. The van der Waals surface area contributed by atoms with Gasteiger partial charge in [0.05, 0.1) is 5.57 Å². The molecule has 6 heteroatoms. The first-order chi connectivity index (χ1) is 6.38. The molecule has 0 aromatic rings. The Bertz CT molecular complexity index is 243. The van der Waals surface area contributed by atoms with Gasteiger partial charge in [0, 0.05) is 6.32 Å². The maximum absolute atomic E-state index is 12.1. The van der Waals surface area contributed by atoms with E-state index in [1.54, 1.807) is 0 Å². The Morgan fingerprint density at radius 3 is 2.29 bits per heavy atom. The SMILES string of the molecule is C=C/C=C(\C=C/CB(O)O)C(F)(F)F. The van der Waals surface area contributed by atoms with Crippen molar-refractivity contribution in [3.8, 4) is 0 Å². The molecule has 2 nitrogen and oxygen atoms in total. The first kappa shape index (κ1) is 13.0. The molecule has 0 aromatic carbocycles. The van der Waals surface area contributed by atoms with E-state index in [0.717, 1.165) is 24.3 Å². The highest BCUT2D eigenvalue weighted by Gasteiger charge is 2.31. The summed E-state index contributed by atoms with van der Waals surface area (Å²) in [6.07, 6.45) is -1.06. The summed E-state index contributed by atoms with van der Waals surface area (Å²) >= 11 is 0. The molecular weight excluding hydrogens is 196 g/mol. The van der Waals surface area contributed by atoms with Gasteiger partial charge in [0.2, 0.25) is 0 Å². The lowest BCUT2D eigenvalue weighted by atomic mass is 9.86. The summed E-state index contributed by atoms with van der Waals surface area (Å²) in [6, 6.07) is 0. The van der Waals surface area contributed by atoms with Gasteiger partial charge in [-0.15, -0.1) is 0 Å². The Balaban J connectivity index is 4.48. The molecule has 0 saturated carbocycles. The van der Waals surface area contributed by atoms with Crippen molar-refractivity contribution in [2.24, 2.45) is 0 Å². The minimum atomic E-state index is -4.45. The van der Waals surface area contributed by atoms with Crippen LogP contribution in [0.15, 0.2) is 36.5 Å². The van der Waals surface area contributed by atoms with Gasteiger partial charge < -0.3 is 10.0 Å². The molecule has 0 fully saturated rings. The molecule has 0 heterocycles. The molecule has 0 aromatic heterocycles. The number of hydrogen-bond donors (Lipinski definition) is 2. The third-order valence-corrected chi connectivity index (χ3v) is 1.27. The zero-order valence-electron chi connectivity index (χ0n) is 7.33. The van der Waals surface area contributed by atoms with Crippen molar-refractivity contribution in [1.29, 1.82) is 0 Å². The molecule has 0 aliphatic carbocycles. The van der Waals surface area contributed by atoms with Crippen molar-refractivity contribution in [3.05, 3.63) is 36.5 Å².